The highest BCUT2D eigenvalue weighted by molar-refractivity contribution is 5.82. The van der Waals surface area contributed by atoms with Crippen molar-refractivity contribution in [2.45, 2.75) is 25.7 Å². The van der Waals surface area contributed by atoms with Gasteiger partial charge in [-0.1, -0.05) is 6.92 Å². The molecular formula is C24H26F2N8O. The van der Waals surface area contributed by atoms with Gasteiger partial charge in [-0.15, -0.1) is 0 Å². The number of likely N-dealkylation sites (N-methyl/N-ethyl adjacent to an activating group) is 1. The molecule has 0 atom stereocenters. The van der Waals surface area contributed by atoms with Crippen LogP contribution in [0.5, 0.6) is 11.8 Å². The molecule has 2 aliphatic rings. The van der Waals surface area contributed by atoms with Crippen molar-refractivity contribution >= 4 is 28.4 Å². The summed E-state index contributed by atoms with van der Waals surface area (Å²) in [4.78, 5) is 16.2. The van der Waals surface area contributed by atoms with Crippen LogP contribution in [0.3, 0.4) is 0 Å². The first kappa shape index (κ1) is 21.8. The van der Waals surface area contributed by atoms with E-state index in [2.05, 4.69) is 47.2 Å². The Kier molecular flexibility index (Phi) is 5.48. The van der Waals surface area contributed by atoms with Crippen LogP contribution in [0.1, 0.15) is 31.4 Å². The Hall–Kier alpha value is -3.73. The average molecular weight is 481 g/mol. The maximum atomic E-state index is 15.0. The van der Waals surface area contributed by atoms with Gasteiger partial charge in [0.25, 0.3) is 0 Å². The highest BCUT2D eigenvalue weighted by atomic mass is 19.1. The molecule has 3 N–H and O–H groups in total. The third-order valence-corrected chi connectivity index (χ3v) is 6.60. The molecule has 1 aromatic carbocycles. The Balaban J connectivity index is 1.32. The van der Waals surface area contributed by atoms with Crippen molar-refractivity contribution in [1.82, 2.24) is 30.0 Å². The monoisotopic (exact) mass is 480 g/mol. The third kappa shape index (κ3) is 4.39. The van der Waals surface area contributed by atoms with Crippen molar-refractivity contribution in [3.05, 3.63) is 47.8 Å². The fourth-order valence-corrected chi connectivity index (χ4v) is 4.42. The Morgan fingerprint density at radius 1 is 1.09 bits per heavy atom. The number of ether oxygens (including phenoxy) is 1. The van der Waals surface area contributed by atoms with Gasteiger partial charge >= 0.3 is 6.01 Å². The highest BCUT2D eigenvalue weighted by Crippen LogP contribution is 2.40. The van der Waals surface area contributed by atoms with Crippen LogP contribution in [-0.2, 0) is 0 Å². The Labute approximate surface area is 200 Å². The zero-order chi connectivity index (χ0) is 23.9. The number of benzene rings is 1. The summed E-state index contributed by atoms with van der Waals surface area (Å²) in [5.41, 5.74) is 1.18. The number of fused-ring (bicyclic) bond motifs is 1. The molecule has 182 valence electrons. The number of nitrogens with one attached hydrogen (secondary N) is 3. The Morgan fingerprint density at radius 2 is 1.91 bits per heavy atom. The number of rotatable bonds is 7. The second-order valence-electron chi connectivity index (χ2n) is 8.96. The average Bonchev–Trinajstić information content (AvgIpc) is 3.40. The number of aromatic nitrogens is 5. The largest absolute Gasteiger partial charge is 0.421 e. The Bertz CT molecular complexity index is 1360. The number of H-pyrrole nitrogens is 2. The SMILES string of the molecule is CCN1CCN(c2cc(Nc3cc(C4CC4)[nH]n3)nc(Oc3cc(F)c4[nH]ccc4c3F)n2)CC1. The number of hydrogen-bond donors (Lipinski definition) is 3. The lowest BCUT2D eigenvalue weighted by Crippen LogP contribution is -2.46. The third-order valence-electron chi connectivity index (χ3n) is 6.60. The molecule has 0 radical (unpaired) electrons. The minimum atomic E-state index is -0.677. The lowest BCUT2D eigenvalue weighted by atomic mass is 10.2. The first-order valence-electron chi connectivity index (χ1n) is 11.9. The molecule has 4 aromatic rings. The summed E-state index contributed by atoms with van der Waals surface area (Å²) in [5, 5.41) is 10.7. The van der Waals surface area contributed by atoms with Gasteiger partial charge in [0, 0.05) is 67.6 Å². The van der Waals surface area contributed by atoms with E-state index in [1.54, 1.807) is 0 Å². The molecule has 0 amide bonds. The number of piperazine rings is 1. The minimum absolute atomic E-state index is 0.0749. The summed E-state index contributed by atoms with van der Waals surface area (Å²) in [6, 6.07) is 6.19. The molecule has 35 heavy (non-hydrogen) atoms. The van der Waals surface area contributed by atoms with E-state index in [0.717, 1.165) is 57.3 Å². The van der Waals surface area contributed by atoms with Crippen molar-refractivity contribution in [2.24, 2.45) is 0 Å². The molecule has 11 heteroatoms. The quantitative estimate of drug-likeness (QED) is 0.358. The fourth-order valence-electron chi connectivity index (χ4n) is 4.42. The van der Waals surface area contributed by atoms with Gasteiger partial charge in [0.15, 0.2) is 23.2 Å². The van der Waals surface area contributed by atoms with Gasteiger partial charge in [0.05, 0.1) is 5.52 Å². The number of aromatic amines is 2. The molecule has 0 unspecified atom stereocenters. The maximum Gasteiger partial charge on any atom is 0.326 e. The van der Waals surface area contributed by atoms with Crippen LogP contribution in [0, 0.1) is 11.6 Å². The standard InChI is InChI=1S/C24H26F2N8O/c1-2-33-7-9-34(10-8-33)21-13-19(28-20-12-17(31-32-20)14-3-4-14)29-24(30-21)35-18-11-16(25)23-15(22(18)26)5-6-27-23/h5-6,11-14,27H,2-4,7-10H2,1H3,(H2,28,29,30,31,32). The number of hydrogen-bond acceptors (Lipinski definition) is 7. The van der Waals surface area contributed by atoms with Crippen LogP contribution in [0.4, 0.5) is 26.2 Å². The lowest BCUT2D eigenvalue weighted by molar-refractivity contribution is 0.270. The van der Waals surface area contributed by atoms with Crippen LogP contribution in [0.15, 0.2) is 30.5 Å². The van der Waals surface area contributed by atoms with Crippen molar-refractivity contribution < 1.29 is 13.5 Å². The molecule has 6 rings (SSSR count). The van der Waals surface area contributed by atoms with Crippen molar-refractivity contribution in [3.8, 4) is 11.8 Å². The molecule has 1 saturated carbocycles. The van der Waals surface area contributed by atoms with E-state index in [9.17, 15) is 4.39 Å². The fraction of sp³-hybridized carbons (Fsp3) is 0.375. The topological polar surface area (TPSA) is 98.0 Å². The van der Waals surface area contributed by atoms with Gasteiger partial charge < -0.3 is 24.8 Å². The molecule has 4 heterocycles. The number of halogens is 2. The van der Waals surface area contributed by atoms with E-state index in [4.69, 9.17) is 4.74 Å². The predicted octanol–water partition coefficient (Wildman–Crippen LogP) is 4.51. The van der Waals surface area contributed by atoms with E-state index in [-0.39, 0.29) is 22.7 Å². The molecule has 1 aliphatic carbocycles. The number of anilines is 3. The number of nitrogens with zero attached hydrogens (tertiary/aromatic N) is 5. The van der Waals surface area contributed by atoms with Crippen LogP contribution < -0.4 is 15.0 Å². The smallest absolute Gasteiger partial charge is 0.326 e. The second kappa shape index (κ2) is 8.81. The van der Waals surface area contributed by atoms with Crippen molar-refractivity contribution in [2.75, 3.05) is 42.9 Å². The molecule has 0 bridgehead atoms. The van der Waals surface area contributed by atoms with Gasteiger partial charge in [-0.3, -0.25) is 5.10 Å². The van der Waals surface area contributed by atoms with Crippen LogP contribution in [0.2, 0.25) is 0 Å². The normalized spacial score (nSPS) is 16.7. The van der Waals surface area contributed by atoms with Crippen molar-refractivity contribution in [1.29, 1.82) is 0 Å². The zero-order valence-corrected chi connectivity index (χ0v) is 19.3. The molecule has 1 aliphatic heterocycles. The maximum absolute atomic E-state index is 15.0. The summed E-state index contributed by atoms with van der Waals surface area (Å²) in [6.07, 6.45) is 3.80. The van der Waals surface area contributed by atoms with Crippen LogP contribution in [0.25, 0.3) is 10.9 Å². The zero-order valence-electron chi connectivity index (χ0n) is 19.3. The van der Waals surface area contributed by atoms with Crippen LogP contribution in [-0.4, -0.2) is 62.8 Å². The molecular weight excluding hydrogens is 454 g/mol. The summed E-state index contributed by atoms with van der Waals surface area (Å²) >= 11 is 0. The van der Waals surface area contributed by atoms with E-state index in [0.29, 0.717) is 23.4 Å². The van der Waals surface area contributed by atoms with Gasteiger partial charge in [-0.05, 0) is 25.5 Å². The molecule has 3 aromatic heterocycles. The Morgan fingerprint density at radius 3 is 2.69 bits per heavy atom. The van der Waals surface area contributed by atoms with E-state index >= 15 is 4.39 Å². The summed E-state index contributed by atoms with van der Waals surface area (Å²) < 4.78 is 35.2. The van der Waals surface area contributed by atoms with E-state index in [1.165, 1.54) is 12.3 Å². The summed E-state index contributed by atoms with van der Waals surface area (Å²) in [5.74, 6) is 0.706. The van der Waals surface area contributed by atoms with Gasteiger partial charge in [0.2, 0.25) is 0 Å². The molecule has 1 saturated heterocycles. The van der Waals surface area contributed by atoms with Gasteiger partial charge in [-0.2, -0.15) is 15.1 Å². The first-order valence-corrected chi connectivity index (χ1v) is 11.9. The second-order valence-corrected chi connectivity index (χ2v) is 8.96. The molecule has 0 spiro atoms. The highest BCUT2D eigenvalue weighted by Gasteiger charge is 2.26. The van der Waals surface area contributed by atoms with E-state index < -0.39 is 11.6 Å². The summed E-state index contributed by atoms with van der Waals surface area (Å²) in [7, 11) is 0. The first-order chi connectivity index (χ1) is 17.1. The lowest BCUT2D eigenvalue weighted by Gasteiger charge is -2.34. The van der Waals surface area contributed by atoms with E-state index in [1.807, 2.05) is 12.1 Å². The van der Waals surface area contributed by atoms with Gasteiger partial charge in [-0.25, -0.2) is 8.78 Å². The minimum Gasteiger partial charge on any atom is -0.421 e. The van der Waals surface area contributed by atoms with Crippen LogP contribution >= 0.6 is 0 Å². The predicted molar refractivity (Wildman–Crippen MR) is 128 cm³/mol. The molecule has 9 nitrogen and oxygen atoms in total. The van der Waals surface area contributed by atoms with Gasteiger partial charge in [0.1, 0.15) is 11.6 Å². The van der Waals surface area contributed by atoms with Crippen molar-refractivity contribution in [3.63, 3.8) is 0 Å². The molecule has 2 fully saturated rings. The summed E-state index contributed by atoms with van der Waals surface area (Å²) in [6.45, 7) is 6.53.